The van der Waals surface area contributed by atoms with E-state index in [0.717, 1.165) is 38.0 Å². The summed E-state index contributed by atoms with van der Waals surface area (Å²) in [5.41, 5.74) is 0.729. The number of carbonyl (C=O) groups excluding carboxylic acids is 1. The molecule has 3 N–H and O–H groups in total. The molecule has 2 aliphatic rings. The molecule has 2 fully saturated rings. The summed E-state index contributed by atoms with van der Waals surface area (Å²) < 4.78 is 0. The molecule has 1 unspecified atom stereocenters. The van der Waals surface area contributed by atoms with Gasteiger partial charge in [0.25, 0.3) is 5.91 Å². The van der Waals surface area contributed by atoms with E-state index in [4.69, 9.17) is 0 Å². The van der Waals surface area contributed by atoms with Crippen molar-refractivity contribution in [1.29, 1.82) is 0 Å². The molecule has 0 spiro atoms. The van der Waals surface area contributed by atoms with Crippen LogP contribution < -0.4 is 0 Å². The van der Waals surface area contributed by atoms with Gasteiger partial charge < -0.3 is 20.2 Å². The topological polar surface area (TPSA) is 84.2 Å². The molecule has 0 aromatic heterocycles. The predicted octanol–water partition coefficient (Wildman–Crippen LogP) is -0.0629. The number of nitrogens with zero attached hydrogens (tertiary/aromatic N) is 2. The van der Waals surface area contributed by atoms with Crippen LogP contribution in [0.1, 0.15) is 23.2 Å². The van der Waals surface area contributed by atoms with Crippen molar-refractivity contribution in [3.8, 4) is 0 Å². The minimum atomic E-state index is -1.05. The van der Waals surface area contributed by atoms with E-state index in [-0.39, 0.29) is 5.91 Å². The number of hydrogen-bond acceptors (Lipinski definition) is 5. The molecule has 2 saturated heterocycles. The highest BCUT2D eigenvalue weighted by Gasteiger charge is 2.34. The Morgan fingerprint density at radius 1 is 1.00 bits per heavy atom. The van der Waals surface area contributed by atoms with E-state index in [2.05, 4.69) is 0 Å². The minimum Gasteiger partial charge on any atom is -0.389 e. The number of aliphatic hydroxyl groups excluding tert-OH is 3. The predicted molar refractivity (Wildman–Crippen MR) is 89.5 cm³/mol. The standard InChI is InChI=1S/C18H26N2O4/c21-15-11-19(12-16(22)17(15)23)10-13-6-8-20(9-7-13)18(24)14-4-2-1-3-5-14/h1-5,13,15-17,21-23H,6-12H2/t15-,16+,17?. The third kappa shape index (κ3) is 3.95. The molecule has 0 bridgehead atoms. The lowest BCUT2D eigenvalue weighted by Crippen LogP contribution is -2.56. The second-order valence-electron chi connectivity index (χ2n) is 6.95. The minimum absolute atomic E-state index is 0.0842. The van der Waals surface area contributed by atoms with Crippen molar-refractivity contribution in [1.82, 2.24) is 9.80 Å². The molecule has 6 nitrogen and oxygen atoms in total. The van der Waals surface area contributed by atoms with Gasteiger partial charge in [-0.25, -0.2) is 0 Å². The Labute approximate surface area is 142 Å². The van der Waals surface area contributed by atoms with E-state index in [9.17, 15) is 20.1 Å². The van der Waals surface area contributed by atoms with Gasteiger partial charge in [0, 0.05) is 38.3 Å². The Morgan fingerprint density at radius 3 is 2.17 bits per heavy atom. The molecule has 132 valence electrons. The molecular weight excluding hydrogens is 308 g/mol. The number of carbonyl (C=O) groups is 1. The van der Waals surface area contributed by atoms with Crippen LogP contribution in [0.15, 0.2) is 30.3 Å². The van der Waals surface area contributed by atoms with Crippen LogP contribution in [0.25, 0.3) is 0 Å². The molecule has 6 heteroatoms. The highest BCUT2D eigenvalue weighted by molar-refractivity contribution is 5.94. The molecule has 0 radical (unpaired) electrons. The Kier molecular flexibility index (Phi) is 5.50. The smallest absolute Gasteiger partial charge is 0.253 e. The fourth-order valence-corrected chi connectivity index (χ4v) is 3.67. The zero-order chi connectivity index (χ0) is 17.1. The van der Waals surface area contributed by atoms with Crippen LogP contribution in [-0.4, -0.2) is 82.1 Å². The molecule has 0 aliphatic carbocycles. The second kappa shape index (κ2) is 7.61. The molecule has 1 aromatic carbocycles. The Bertz CT molecular complexity index is 533. The zero-order valence-electron chi connectivity index (χ0n) is 13.8. The average molecular weight is 334 g/mol. The molecule has 24 heavy (non-hydrogen) atoms. The summed E-state index contributed by atoms with van der Waals surface area (Å²) in [6, 6.07) is 9.34. The number of benzene rings is 1. The van der Waals surface area contributed by atoms with Crippen LogP contribution in [0, 0.1) is 5.92 Å². The van der Waals surface area contributed by atoms with Crippen molar-refractivity contribution < 1.29 is 20.1 Å². The van der Waals surface area contributed by atoms with Gasteiger partial charge in [0.2, 0.25) is 0 Å². The monoisotopic (exact) mass is 334 g/mol. The van der Waals surface area contributed by atoms with Crippen molar-refractivity contribution in [2.45, 2.75) is 31.2 Å². The van der Waals surface area contributed by atoms with Gasteiger partial charge in [0.15, 0.2) is 0 Å². The third-order valence-corrected chi connectivity index (χ3v) is 5.12. The van der Waals surface area contributed by atoms with Crippen molar-refractivity contribution >= 4 is 5.91 Å². The summed E-state index contributed by atoms with van der Waals surface area (Å²) in [5.74, 6) is 0.528. The number of β-amino-alcohol motifs (C(OH)–C–C–N with tert-alkyl or cyclic N) is 2. The highest BCUT2D eigenvalue weighted by Crippen LogP contribution is 2.22. The molecule has 2 aliphatic heterocycles. The molecule has 0 saturated carbocycles. The Hall–Kier alpha value is -1.47. The number of piperidine rings is 2. The summed E-state index contributed by atoms with van der Waals surface area (Å²) in [6.07, 6.45) is -0.998. The maximum absolute atomic E-state index is 12.4. The second-order valence-corrected chi connectivity index (χ2v) is 6.95. The zero-order valence-corrected chi connectivity index (χ0v) is 13.8. The van der Waals surface area contributed by atoms with Gasteiger partial charge in [0.1, 0.15) is 6.10 Å². The normalized spacial score (nSPS) is 29.6. The summed E-state index contributed by atoms with van der Waals surface area (Å²) in [7, 11) is 0. The van der Waals surface area contributed by atoms with Crippen LogP contribution in [0.5, 0.6) is 0 Å². The molecule has 3 atom stereocenters. The van der Waals surface area contributed by atoms with Gasteiger partial charge in [0.05, 0.1) is 12.2 Å². The lowest BCUT2D eigenvalue weighted by molar-refractivity contribution is -0.112. The molecule has 1 amide bonds. The van der Waals surface area contributed by atoms with E-state index in [1.165, 1.54) is 0 Å². The highest BCUT2D eigenvalue weighted by atomic mass is 16.4. The van der Waals surface area contributed by atoms with Gasteiger partial charge in [-0.05, 0) is 30.9 Å². The molecule has 3 rings (SSSR count). The van der Waals surface area contributed by atoms with Crippen molar-refractivity contribution in [3.63, 3.8) is 0 Å². The maximum Gasteiger partial charge on any atom is 0.253 e. The fourth-order valence-electron chi connectivity index (χ4n) is 3.67. The fraction of sp³-hybridized carbons (Fsp3) is 0.611. The number of amides is 1. The molecular formula is C18H26N2O4. The maximum atomic E-state index is 12.4. The van der Waals surface area contributed by atoms with Gasteiger partial charge in [-0.1, -0.05) is 18.2 Å². The van der Waals surface area contributed by atoms with Crippen LogP contribution in [0.4, 0.5) is 0 Å². The van der Waals surface area contributed by atoms with Gasteiger partial charge in [-0.15, -0.1) is 0 Å². The van der Waals surface area contributed by atoms with Crippen molar-refractivity contribution in [2.75, 3.05) is 32.7 Å². The van der Waals surface area contributed by atoms with Gasteiger partial charge >= 0.3 is 0 Å². The van der Waals surface area contributed by atoms with Crippen LogP contribution >= 0.6 is 0 Å². The van der Waals surface area contributed by atoms with E-state index >= 15 is 0 Å². The quantitative estimate of drug-likeness (QED) is 0.721. The van der Waals surface area contributed by atoms with Crippen molar-refractivity contribution in [2.24, 2.45) is 5.92 Å². The van der Waals surface area contributed by atoms with Gasteiger partial charge in [-0.2, -0.15) is 0 Å². The largest absolute Gasteiger partial charge is 0.389 e. The number of aliphatic hydroxyl groups is 3. The third-order valence-electron chi connectivity index (χ3n) is 5.12. The first-order valence-electron chi connectivity index (χ1n) is 8.65. The summed E-state index contributed by atoms with van der Waals surface area (Å²) in [4.78, 5) is 16.4. The first-order chi connectivity index (χ1) is 11.5. The molecule has 1 aromatic rings. The average Bonchev–Trinajstić information content (AvgIpc) is 2.60. The van der Waals surface area contributed by atoms with E-state index in [1.807, 2.05) is 40.1 Å². The van der Waals surface area contributed by atoms with E-state index < -0.39 is 18.3 Å². The van der Waals surface area contributed by atoms with Crippen LogP contribution in [0.3, 0.4) is 0 Å². The SMILES string of the molecule is O=C(c1ccccc1)N1CCC(CN2C[C@@H](O)C(O)[C@@H](O)C2)CC1. The number of hydrogen-bond donors (Lipinski definition) is 3. The van der Waals surface area contributed by atoms with Crippen LogP contribution in [-0.2, 0) is 0 Å². The number of likely N-dealkylation sites (tertiary alicyclic amines) is 2. The Balaban J connectivity index is 1.48. The summed E-state index contributed by atoms with van der Waals surface area (Å²) in [6.45, 7) is 3.04. The van der Waals surface area contributed by atoms with Gasteiger partial charge in [-0.3, -0.25) is 9.69 Å². The van der Waals surface area contributed by atoms with E-state index in [0.29, 0.717) is 19.0 Å². The number of rotatable bonds is 3. The van der Waals surface area contributed by atoms with Crippen molar-refractivity contribution in [3.05, 3.63) is 35.9 Å². The Morgan fingerprint density at radius 2 is 1.58 bits per heavy atom. The first kappa shape index (κ1) is 17.4. The first-order valence-corrected chi connectivity index (χ1v) is 8.65. The lowest BCUT2D eigenvalue weighted by atomic mass is 9.93. The summed E-state index contributed by atoms with van der Waals surface area (Å²) >= 11 is 0. The van der Waals surface area contributed by atoms with E-state index in [1.54, 1.807) is 0 Å². The van der Waals surface area contributed by atoms with Crippen LogP contribution in [0.2, 0.25) is 0 Å². The lowest BCUT2D eigenvalue weighted by Gasteiger charge is -2.40. The summed E-state index contributed by atoms with van der Waals surface area (Å²) in [5, 5.41) is 29.2. The molecule has 2 heterocycles.